The zero-order chi connectivity index (χ0) is 18.1. The van der Waals surface area contributed by atoms with Crippen molar-refractivity contribution in [1.29, 1.82) is 0 Å². The predicted molar refractivity (Wildman–Crippen MR) is 70.8 cm³/mol. The number of carboxylic acid groups (broad SMARTS) is 1. The third-order valence-corrected chi connectivity index (χ3v) is 2.49. The summed E-state index contributed by atoms with van der Waals surface area (Å²) in [6, 6.07) is -0.533. The Morgan fingerprint density at radius 3 is 1.91 bits per heavy atom. The van der Waals surface area contributed by atoms with Crippen LogP contribution in [0.15, 0.2) is 0 Å². The van der Waals surface area contributed by atoms with E-state index < -0.39 is 24.2 Å². The SMILES string of the molecule is COC(=O)C(C(C)C)N(C)C(=O)CCN.O=C(O)C(F)(F)F. The van der Waals surface area contributed by atoms with E-state index in [1.807, 2.05) is 13.8 Å². The second-order valence-electron chi connectivity index (χ2n) is 4.56. The molecule has 10 heteroatoms. The van der Waals surface area contributed by atoms with Crippen molar-refractivity contribution in [2.45, 2.75) is 32.5 Å². The Morgan fingerprint density at radius 2 is 1.68 bits per heavy atom. The van der Waals surface area contributed by atoms with Crippen molar-refractivity contribution in [3.05, 3.63) is 0 Å². The van der Waals surface area contributed by atoms with E-state index in [1.54, 1.807) is 7.05 Å². The normalized spacial score (nSPS) is 12.0. The third-order valence-electron chi connectivity index (χ3n) is 2.49. The van der Waals surface area contributed by atoms with Crippen molar-refractivity contribution >= 4 is 17.8 Å². The number of halogens is 3. The number of methoxy groups -OCH3 is 1. The van der Waals surface area contributed by atoms with Gasteiger partial charge in [-0.2, -0.15) is 13.2 Å². The lowest BCUT2D eigenvalue weighted by Crippen LogP contribution is -2.46. The zero-order valence-corrected chi connectivity index (χ0v) is 12.8. The van der Waals surface area contributed by atoms with Crippen molar-refractivity contribution in [3.8, 4) is 0 Å². The van der Waals surface area contributed by atoms with Gasteiger partial charge in [-0.05, 0) is 5.92 Å². The van der Waals surface area contributed by atoms with Crippen LogP contribution >= 0.6 is 0 Å². The molecule has 22 heavy (non-hydrogen) atoms. The van der Waals surface area contributed by atoms with Gasteiger partial charge in [-0.15, -0.1) is 0 Å². The number of amides is 1. The molecule has 0 saturated carbocycles. The molecule has 0 aromatic heterocycles. The summed E-state index contributed by atoms with van der Waals surface area (Å²) in [6.07, 6.45) is -4.84. The first-order valence-corrected chi connectivity index (χ1v) is 6.23. The maximum absolute atomic E-state index is 11.5. The molecular weight excluding hydrogens is 309 g/mol. The molecule has 0 aliphatic rings. The first-order chi connectivity index (χ1) is 9.89. The fraction of sp³-hybridized carbons (Fsp3) is 0.750. The number of esters is 1. The molecular formula is C12H21F3N2O5. The van der Waals surface area contributed by atoms with Crippen LogP contribution in [0.3, 0.4) is 0 Å². The summed E-state index contributed by atoms with van der Waals surface area (Å²) in [4.78, 5) is 33.3. The van der Waals surface area contributed by atoms with Gasteiger partial charge in [0.1, 0.15) is 6.04 Å². The van der Waals surface area contributed by atoms with Crippen molar-refractivity contribution in [2.24, 2.45) is 11.7 Å². The summed E-state index contributed by atoms with van der Waals surface area (Å²) < 4.78 is 36.4. The van der Waals surface area contributed by atoms with Crippen LogP contribution in [0.5, 0.6) is 0 Å². The standard InChI is InChI=1S/C10H20N2O3.C2HF3O2/c1-7(2)9(10(14)15-4)12(3)8(13)5-6-11;3-2(4,5)1(6)7/h7,9H,5-6,11H2,1-4H3;(H,6,7). The topological polar surface area (TPSA) is 110 Å². The van der Waals surface area contributed by atoms with Gasteiger partial charge in [0, 0.05) is 20.0 Å². The summed E-state index contributed by atoms with van der Waals surface area (Å²) in [6.45, 7) is 4.02. The molecule has 130 valence electrons. The van der Waals surface area contributed by atoms with Gasteiger partial charge in [0.15, 0.2) is 0 Å². The molecule has 0 radical (unpaired) electrons. The fourth-order valence-corrected chi connectivity index (χ4v) is 1.45. The summed E-state index contributed by atoms with van der Waals surface area (Å²) >= 11 is 0. The molecule has 7 nitrogen and oxygen atoms in total. The van der Waals surface area contributed by atoms with Crippen LogP contribution in [0.4, 0.5) is 13.2 Å². The van der Waals surface area contributed by atoms with Crippen molar-refractivity contribution in [1.82, 2.24) is 4.90 Å². The van der Waals surface area contributed by atoms with E-state index in [9.17, 15) is 22.8 Å². The van der Waals surface area contributed by atoms with Gasteiger partial charge in [0.2, 0.25) is 5.91 Å². The minimum atomic E-state index is -5.08. The number of aliphatic carboxylic acids is 1. The highest BCUT2D eigenvalue weighted by Crippen LogP contribution is 2.13. The number of hydrogen-bond acceptors (Lipinski definition) is 5. The highest BCUT2D eigenvalue weighted by molar-refractivity contribution is 5.84. The molecule has 1 amide bonds. The van der Waals surface area contributed by atoms with Crippen LogP contribution in [0.1, 0.15) is 20.3 Å². The van der Waals surface area contributed by atoms with E-state index in [1.165, 1.54) is 12.0 Å². The summed E-state index contributed by atoms with van der Waals surface area (Å²) in [5, 5.41) is 7.12. The molecule has 0 aromatic carbocycles. The van der Waals surface area contributed by atoms with Gasteiger partial charge in [-0.1, -0.05) is 13.8 Å². The molecule has 3 N–H and O–H groups in total. The molecule has 0 saturated heterocycles. The number of rotatable bonds is 5. The van der Waals surface area contributed by atoms with Crippen LogP contribution in [-0.4, -0.2) is 60.8 Å². The Morgan fingerprint density at radius 1 is 1.27 bits per heavy atom. The van der Waals surface area contributed by atoms with Crippen LogP contribution in [0, 0.1) is 5.92 Å². The molecule has 1 atom stereocenters. The number of hydrogen-bond donors (Lipinski definition) is 2. The fourth-order valence-electron chi connectivity index (χ4n) is 1.45. The number of nitrogens with two attached hydrogens (primary N) is 1. The highest BCUT2D eigenvalue weighted by atomic mass is 19.4. The minimum Gasteiger partial charge on any atom is -0.475 e. The maximum Gasteiger partial charge on any atom is 0.490 e. The van der Waals surface area contributed by atoms with Crippen LogP contribution in [0.2, 0.25) is 0 Å². The molecule has 0 heterocycles. The Hall–Kier alpha value is -1.84. The highest BCUT2D eigenvalue weighted by Gasteiger charge is 2.38. The van der Waals surface area contributed by atoms with Crippen LogP contribution < -0.4 is 5.73 Å². The van der Waals surface area contributed by atoms with Gasteiger partial charge in [0.05, 0.1) is 7.11 Å². The Balaban J connectivity index is 0. The number of carboxylic acids is 1. The van der Waals surface area contributed by atoms with E-state index in [2.05, 4.69) is 4.74 Å². The van der Waals surface area contributed by atoms with Crippen molar-refractivity contribution in [3.63, 3.8) is 0 Å². The molecule has 0 spiro atoms. The number of likely N-dealkylation sites (N-methyl/N-ethyl adjacent to an activating group) is 1. The van der Waals surface area contributed by atoms with Crippen molar-refractivity contribution in [2.75, 3.05) is 20.7 Å². The van der Waals surface area contributed by atoms with E-state index >= 15 is 0 Å². The lowest BCUT2D eigenvalue weighted by atomic mass is 10.0. The number of carbonyl (C=O) groups is 3. The Kier molecular flexibility index (Phi) is 10.2. The van der Waals surface area contributed by atoms with Gasteiger partial charge >= 0.3 is 18.1 Å². The first kappa shape index (κ1) is 22.4. The van der Waals surface area contributed by atoms with Crippen molar-refractivity contribution < 1.29 is 37.4 Å². The molecule has 0 bridgehead atoms. The van der Waals surface area contributed by atoms with E-state index in [0.717, 1.165) is 0 Å². The molecule has 1 unspecified atom stereocenters. The van der Waals surface area contributed by atoms with E-state index in [0.29, 0.717) is 0 Å². The Bertz CT molecular complexity index is 385. The van der Waals surface area contributed by atoms with Crippen LogP contribution in [-0.2, 0) is 19.1 Å². The number of nitrogens with zero attached hydrogens (tertiary/aromatic N) is 1. The monoisotopic (exact) mass is 330 g/mol. The third kappa shape index (κ3) is 8.45. The summed E-state index contributed by atoms with van der Waals surface area (Å²) in [5.41, 5.74) is 5.29. The Labute approximate surface area is 126 Å². The number of alkyl halides is 3. The van der Waals surface area contributed by atoms with E-state index in [-0.39, 0.29) is 24.8 Å². The number of ether oxygens (including phenoxy) is 1. The van der Waals surface area contributed by atoms with Gasteiger partial charge in [-0.25, -0.2) is 9.59 Å². The lowest BCUT2D eigenvalue weighted by molar-refractivity contribution is -0.192. The first-order valence-electron chi connectivity index (χ1n) is 6.23. The van der Waals surface area contributed by atoms with E-state index in [4.69, 9.17) is 15.6 Å². The van der Waals surface area contributed by atoms with Gasteiger partial charge in [0.25, 0.3) is 0 Å². The molecule has 0 aliphatic carbocycles. The summed E-state index contributed by atoms with van der Waals surface area (Å²) in [7, 11) is 2.92. The number of carbonyl (C=O) groups excluding carboxylic acids is 2. The molecule has 0 fully saturated rings. The van der Waals surface area contributed by atoms with Gasteiger partial charge in [-0.3, -0.25) is 4.79 Å². The zero-order valence-electron chi connectivity index (χ0n) is 12.8. The minimum absolute atomic E-state index is 0.0178. The average molecular weight is 330 g/mol. The average Bonchev–Trinajstić information content (AvgIpc) is 2.37. The summed E-state index contributed by atoms with van der Waals surface area (Å²) in [5.74, 6) is -3.27. The van der Waals surface area contributed by atoms with Gasteiger partial charge < -0.3 is 20.5 Å². The van der Waals surface area contributed by atoms with Crippen LogP contribution in [0.25, 0.3) is 0 Å². The second kappa shape index (κ2) is 9.98. The quantitative estimate of drug-likeness (QED) is 0.715. The smallest absolute Gasteiger partial charge is 0.475 e. The second-order valence-corrected chi connectivity index (χ2v) is 4.56. The molecule has 0 rings (SSSR count). The maximum atomic E-state index is 11.5. The lowest BCUT2D eigenvalue weighted by Gasteiger charge is -2.28. The molecule has 0 aromatic rings. The molecule has 0 aliphatic heterocycles. The predicted octanol–water partition coefficient (Wildman–Crippen LogP) is 0.624. The largest absolute Gasteiger partial charge is 0.490 e.